The van der Waals surface area contributed by atoms with Crippen LogP contribution in [0.2, 0.25) is 0 Å². The monoisotopic (exact) mass is 209 g/mol. The summed E-state index contributed by atoms with van der Waals surface area (Å²) in [6.45, 7) is 0.0810. The molecule has 0 amide bonds. The molecular weight excluding hydrogens is 197 g/mol. The predicted molar refractivity (Wildman–Crippen MR) is 54.7 cm³/mol. The highest BCUT2D eigenvalue weighted by Gasteiger charge is 2.02. The summed E-state index contributed by atoms with van der Waals surface area (Å²) < 4.78 is 12.5. The van der Waals surface area contributed by atoms with Crippen LogP contribution in [0.5, 0.6) is 0 Å². The van der Waals surface area contributed by atoms with Gasteiger partial charge in [0.05, 0.1) is 12.6 Å². The first-order valence-electron chi connectivity index (χ1n) is 4.65. The molecule has 1 atom stereocenters. The normalized spacial score (nSPS) is 11.9. The Morgan fingerprint density at radius 3 is 2.67 bits per heavy atom. The molecule has 5 heteroatoms. The molecule has 0 saturated carbocycles. The van der Waals surface area contributed by atoms with E-state index in [1.54, 1.807) is 12.1 Å². The van der Waals surface area contributed by atoms with Gasteiger partial charge in [0, 0.05) is 4.91 Å². The third kappa shape index (κ3) is 4.44. The molecule has 1 rings (SSSR count). The van der Waals surface area contributed by atoms with Crippen molar-refractivity contribution in [3.8, 4) is 0 Å². The van der Waals surface area contributed by atoms with Gasteiger partial charge in [-0.05, 0) is 36.1 Å². The maximum atomic E-state index is 12.5. The molecule has 1 unspecified atom stereocenters. The highest BCUT2D eigenvalue weighted by Crippen LogP contribution is 2.07. The van der Waals surface area contributed by atoms with Crippen LogP contribution in [0.15, 0.2) is 29.4 Å². The maximum absolute atomic E-state index is 12.5. The van der Waals surface area contributed by atoms with Crippen molar-refractivity contribution in [2.45, 2.75) is 18.9 Å². The molecule has 0 heterocycles. The quantitative estimate of drug-likeness (QED) is 0.451. The minimum absolute atomic E-state index is 0.0810. The minimum Gasteiger partial charge on any atom is -0.393 e. The van der Waals surface area contributed by atoms with Crippen molar-refractivity contribution >= 4 is 0 Å². The molecule has 4 nitrogen and oxygen atoms in total. The lowest BCUT2D eigenvalue weighted by atomic mass is 10.1. The van der Waals surface area contributed by atoms with E-state index in [-0.39, 0.29) is 12.4 Å². The fourth-order valence-electron chi connectivity index (χ4n) is 1.21. The standard InChI is InChI=1S/C10H12FN3O/c11-9-4-1-8(2-5-9)3-6-10(15)7-13-14-12/h1-2,4-5,10,15H,3,6-7H2. The van der Waals surface area contributed by atoms with Gasteiger partial charge in [0.2, 0.25) is 0 Å². The van der Waals surface area contributed by atoms with Crippen LogP contribution >= 0.6 is 0 Å². The van der Waals surface area contributed by atoms with E-state index in [0.717, 1.165) is 5.56 Å². The molecule has 1 aromatic carbocycles. The molecule has 0 aliphatic heterocycles. The number of aryl methyl sites for hydroxylation is 1. The van der Waals surface area contributed by atoms with Gasteiger partial charge in [0.15, 0.2) is 0 Å². The van der Waals surface area contributed by atoms with E-state index in [2.05, 4.69) is 10.0 Å². The van der Waals surface area contributed by atoms with E-state index in [1.165, 1.54) is 12.1 Å². The number of aliphatic hydroxyl groups excluding tert-OH is 1. The zero-order valence-corrected chi connectivity index (χ0v) is 8.17. The number of halogens is 1. The van der Waals surface area contributed by atoms with Crippen molar-refractivity contribution < 1.29 is 9.50 Å². The van der Waals surface area contributed by atoms with Crippen LogP contribution < -0.4 is 0 Å². The molecule has 80 valence electrons. The maximum Gasteiger partial charge on any atom is 0.123 e. The third-order valence-electron chi connectivity index (χ3n) is 2.04. The second-order valence-electron chi connectivity index (χ2n) is 3.23. The van der Waals surface area contributed by atoms with Gasteiger partial charge in [-0.1, -0.05) is 17.2 Å². The van der Waals surface area contributed by atoms with Gasteiger partial charge in [0.1, 0.15) is 5.82 Å². The lowest BCUT2D eigenvalue weighted by molar-refractivity contribution is 0.173. The number of rotatable bonds is 5. The molecule has 0 fully saturated rings. The fourth-order valence-corrected chi connectivity index (χ4v) is 1.21. The lowest BCUT2D eigenvalue weighted by Gasteiger charge is -2.06. The van der Waals surface area contributed by atoms with Crippen molar-refractivity contribution in [3.63, 3.8) is 0 Å². The summed E-state index contributed by atoms with van der Waals surface area (Å²) in [6, 6.07) is 6.12. The Morgan fingerprint density at radius 2 is 2.07 bits per heavy atom. The molecule has 0 aliphatic carbocycles. The molecular formula is C10H12FN3O. The summed E-state index contributed by atoms with van der Waals surface area (Å²) >= 11 is 0. The fraction of sp³-hybridized carbons (Fsp3) is 0.400. The minimum atomic E-state index is -0.633. The van der Waals surface area contributed by atoms with Gasteiger partial charge in [-0.3, -0.25) is 0 Å². The molecule has 15 heavy (non-hydrogen) atoms. The van der Waals surface area contributed by atoms with Crippen LogP contribution in [-0.4, -0.2) is 17.8 Å². The van der Waals surface area contributed by atoms with Gasteiger partial charge in [0.25, 0.3) is 0 Å². The van der Waals surface area contributed by atoms with E-state index < -0.39 is 6.10 Å². The molecule has 1 aromatic rings. The van der Waals surface area contributed by atoms with Crippen LogP contribution in [0.25, 0.3) is 10.4 Å². The van der Waals surface area contributed by atoms with Crippen molar-refractivity contribution in [3.05, 3.63) is 46.1 Å². The first-order chi connectivity index (χ1) is 7.22. The summed E-state index contributed by atoms with van der Waals surface area (Å²) in [7, 11) is 0. The first-order valence-corrected chi connectivity index (χ1v) is 4.65. The number of aliphatic hydroxyl groups is 1. The summed E-state index contributed by atoms with van der Waals surface area (Å²) in [5.74, 6) is -0.270. The second-order valence-corrected chi connectivity index (χ2v) is 3.23. The van der Waals surface area contributed by atoms with Crippen LogP contribution in [0, 0.1) is 5.82 Å². The first kappa shape index (κ1) is 11.5. The number of nitrogens with zero attached hydrogens (tertiary/aromatic N) is 3. The van der Waals surface area contributed by atoms with Gasteiger partial charge < -0.3 is 5.11 Å². The summed E-state index contributed by atoms with van der Waals surface area (Å²) in [5.41, 5.74) is 8.99. The van der Waals surface area contributed by atoms with Crippen molar-refractivity contribution in [2.75, 3.05) is 6.54 Å². The van der Waals surface area contributed by atoms with E-state index in [9.17, 15) is 9.50 Å². The Hall–Kier alpha value is -1.58. The van der Waals surface area contributed by atoms with Gasteiger partial charge in [-0.15, -0.1) is 0 Å². The average Bonchev–Trinajstić information content (AvgIpc) is 2.25. The molecule has 0 bridgehead atoms. The zero-order chi connectivity index (χ0) is 11.1. The number of benzene rings is 1. The molecule has 0 aliphatic rings. The smallest absolute Gasteiger partial charge is 0.123 e. The van der Waals surface area contributed by atoms with Crippen LogP contribution in [0.3, 0.4) is 0 Å². The predicted octanol–water partition coefficient (Wildman–Crippen LogP) is 2.43. The third-order valence-corrected chi connectivity index (χ3v) is 2.04. The Morgan fingerprint density at radius 1 is 1.40 bits per heavy atom. The highest BCUT2D eigenvalue weighted by molar-refractivity contribution is 5.16. The Balaban J connectivity index is 2.36. The molecule has 0 aromatic heterocycles. The van der Waals surface area contributed by atoms with Gasteiger partial charge >= 0.3 is 0 Å². The largest absolute Gasteiger partial charge is 0.393 e. The molecule has 0 saturated heterocycles. The van der Waals surface area contributed by atoms with Crippen LogP contribution in [-0.2, 0) is 6.42 Å². The number of hydrogen-bond acceptors (Lipinski definition) is 2. The average molecular weight is 209 g/mol. The Kier molecular flexibility index (Phi) is 4.60. The topological polar surface area (TPSA) is 69.0 Å². The SMILES string of the molecule is [N-]=[N+]=NCC(O)CCc1ccc(F)cc1. The molecule has 0 spiro atoms. The highest BCUT2D eigenvalue weighted by atomic mass is 19.1. The molecule has 1 N–H and O–H groups in total. The number of azide groups is 1. The van der Waals surface area contributed by atoms with E-state index in [0.29, 0.717) is 12.8 Å². The summed E-state index contributed by atoms with van der Waals surface area (Å²) in [4.78, 5) is 2.56. The summed E-state index contributed by atoms with van der Waals surface area (Å²) in [6.07, 6.45) is 0.513. The Labute approximate surface area is 87.0 Å². The number of hydrogen-bond donors (Lipinski definition) is 1. The van der Waals surface area contributed by atoms with Crippen LogP contribution in [0.1, 0.15) is 12.0 Å². The lowest BCUT2D eigenvalue weighted by Crippen LogP contribution is -2.11. The zero-order valence-electron chi connectivity index (χ0n) is 8.17. The van der Waals surface area contributed by atoms with Crippen molar-refractivity contribution in [1.82, 2.24) is 0 Å². The van der Waals surface area contributed by atoms with Gasteiger partial charge in [-0.2, -0.15) is 0 Å². The van der Waals surface area contributed by atoms with Crippen molar-refractivity contribution in [2.24, 2.45) is 5.11 Å². The molecule has 0 radical (unpaired) electrons. The van der Waals surface area contributed by atoms with E-state index in [1.807, 2.05) is 0 Å². The second kappa shape index (κ2) is 6.01. The van der Waals surface area contributed by atoms with Crippen LogP contribution in [0.4, 0.5) is 4.39 Å². The van der Waals surface area contributed by atoms with E-state index in [4.69, 9.17) is 5.53 Å². The van der Waals surface area contributed by atoms with E-state index >= 15 is 0 Å². The van der Waals surface area contributed by atoms with Gasteiger partial charge in [-0.25, -0.2) is 4.39 Å². The summed E-state index contributed by atoms with van der Waals surface area (Å²) in [5, 5.41) is 12.6. The van der Waals surface area contributed by atoms with Crippen molar-refractivity contribution in [1.29, 1.82) is 0 Å². The Bertz CT molecular complexity index is 346.